The highest BCUT2D eigenvalue weighted by molar-refractivity contribution is 7.08. The van der Waals surface area contributed by atoms with Crippen LogP contribution in [0, 0.1) is 12.3 Å². The molecule has 0 atom stereocenters. The van der Waals surface area contributed by atoms with Gasteiger partial charge in [-0.3, -0.25) is 4.79 Å². The molecule has 0 radical (unpaired) electrons. The molecule has 0 saturated heterocycles. The van der Waals surface area contributed by atoms with Crippen molar-refractivity contribution in [1.29, 1.82) is 0 Å². The molecule has 0 amide bonds. The van der Waals surface area contributed by atoms with Crippen LogP contribution in [0.3, 0.4) is 0 Å². The van der Waals surface area contributed by atoms with Gasteiger partial charge in [0, 0.05) is 28.8 Å². The summed E-state index contributed by atoms with van der Waals surface area (Å²) < 4.78 is 2.24. The summed E-state index contributed by atoms with van der Waals surface area (Å²) in [5.41, 5.74) is 4.53. The number of nitrogens with zero attached hydrogens (tertiary/aromatic N) is 1. The molecular weight excluding hydrogens is 242 g/mol. The van der Waals surface area contributed by atoms with Crippen molar-refractivity contribution < 1.29 is 4.79 Å². The van der Waals surface area contributed by atoms with Crippen molar-refractivity contribution in [3.05, 3.63) is 39.8 Å². The number of aryl methyl sites for hydroxylation is 1. The van der Waals surface area contributed by atoms with Crippen molar-refractivity contribution in [1.82, 2.24) is 4.57 Å². The Bertz CT molecular complexity index is 605. The Morgan fingerprint density at radius 2 is 2.11 bits per heavy atom. The summed E-state index contributed by atoms with van der Waals surface area (Å²) in [6.07, 6.45) is 1.63. The maximum atomic E-state index is 12.2. The molecule has 2 nitrogen and oxygen atoms in total. The third kappa shape index (κ3) is 1.74. The number of carbonyl (C=O) groups is 1. The number of aromatic nitrogens is 1. The molecule has 0 saturated carbocycles. The zero-order valence-electron chi connectivity index (χ0n) is 11.0. The van der Waals surface area contributed by atoms with Crippen LogP contribution in [0.15, 0.2) is 22.9 Å². The minimum Gasteiger partial charge on any atom is -0.317 e. The summed E-state index contributed by atoms with van der Waals surface area (Å²) in [4.78, 5) is 12.2. The van der Waals surface area contributed by atoms with Gasteiger partial charge in [0.05, 0.1) is 5.69 Å². The SMILES string of the molecule is Cc1cc2c(n1-c1ccsc1)CC(C)(C)CC2=O. The lowest BCUT2D eigenvalue weighted by atomic mass is 9.76. The molecule has 1 aliphatic carbocycles. The van der Waals surface area contributed by atoms with Crippen LogP contribution in [0.4, 0.5) is 0 Å². The van der Waals surface area contributed by atoms with E-state index in [-0.39, 0.29) is 5.41 Å². The fraction of sp³-hybridized carbons (Fsp3) is 0.400. The van der Waals surface area contributed by atoms with Crippen molar-refractivity contribution in [2.45, 2.75) is 33.6 Å². The van der Waals surface area contributed by atoms with Crippen molar-refractivity contribution in [2.75, 3.05) is 0 Å². The maximum Gasteiger partial charge on any atom is 0.165 e. The Morgan fingerprint density at radius 1 is 1.33 bits per heavy atom. The Morgan fingerprint density at radius 3 is 2.78 bits per heavy atom. The summed E-state index contributed by atoms with van der Waals surface area (Å²) in [6.45, 7) is 6.43. The molecule has 0 fully saturated rings. The molecule has 0 bridgehead atoms. The van der Waals surface area contributed by atoms with E-state index in [1.165, 1.54) is 11.4 Å². The standard InChI is InChI=1S/C15H17NOS/c1-10-6-12-13(7-15(2,3)8-14(12)17)16(10)11-4-5-18-9-11/h4-6,9H,7-8H2,1-3H3. The van der Waals surface area contributed by atoms with E-state index in [9.17, 15) is 4.79 Å². The predicted molar refractivity (Wildman–Crippen MR) is 74.8 cm³/mol. The molecule has 1 aliphatic rings. The molecule has 0 aromatic carbocycles. The Hall–Kier alpha value is -1.35. The van der Waals surface area contributed by atoms with E-state index in [1.54, 1.807) is 11.3 Å². The number of thiophene rings is 1. The van der Waals surface area contributed by atoms with Gasteiger partial charge in [0.15, 0.2) is 5.78 Å². The second-order valence-electron chi connectivity index (χ2n) is 5.90. The summed E-state index contributed by atoms with van der Waals surface area (Å²) >= 11 is 1.69. The number of Topliss-reactive ketones (excluding diaryl/α,β-unsaturated/α-hetero) is 1. The van der Waals surface area contributed by atoms with Gasteiger partial charge in [-0.15, -0.1) is 0 Å². The van der Waals surface area contributed by atoms with Gasteiger partial charge >= 0.3 is 0 Å². The fourth-order valence-electron chi connectivity index (χ4n) is 2.90. The van der Waals surface area contributed by atoms with Crippen LogP contribution in [0.5, 0.6) is 0 Å². The van der Waals surface area contributed by atoms with Crippen molar-refractivity contribution >= 4 is 17.1 Å². The molecule has 18 heavy (non-hydrogen) atoms. The van der Waals surface area contributed by atoms with E-state index in [0.29, 0.717) is 12.2 Å². The lowest BCUT2D eigenvalue weighted by Gasteiger charge is -2.29. The second-order valence-corrected chi connectivity index (χ2v) is 6.68. The van der Waals surface area contributed by atoms with Crippen LogP contribution >= 0.6 is 11.3 Å². The minimum atomic E-state index is 0.0721. The first-order valence-corrected chi connectivity index (χ1v) is 7.19. The number of hydrogen-bond donors (Lipinski definition) is 0. The van der Waals surface area contributed by atoms with Gasteiger partial charge in [0.2, 0.25) is 0 Å². The molecule has 3 heteroatoms. The van der Waals surface area contributed by atoms with Gasteiger partial charge in [0.1, 0.15) is 0 Å². The summed E-state index contributed by atoms with van der Waals surface area (Å²) in [5, 5.41) is 4.22. The molecule has 2 aromatic heterocycles. The molecule has 2 aromatic rings. The van der Waals surface area contributed by atoms with Gasteiger partial charge < -0.3 is 4.57 Å². The first kappa shape index (κ1) is 11.7. The monoisotopic (exact) mass is 259 g/mol. The highest BCUT2D eigenvalue weighted by Crippen LogP contribution is 2.37. The van der Waals surface area contributed by atoms with Gasteiger partial charge in [-0.1, -0.05) is 13.8 Å². The van der Waals surface area contributed by atoms with Crippen LogP contribution in [-0.2, 0) is 6.42 Å². The zero-order valence-corrected chi connectivity index (χ0v) is 11.8. The first-order valence-electron chi connectivity index (χ1n) is 6.25. The average molecular weight is 259 g/mol. The number of fused-ring (bicyclic) bond motifs is 1. The normalized spacial score (nSPS) is 17.8. The number of carbonyl (C=O) groups excluding carboxylic acids is 1. The first-order chi connectivity index (χ1) is 8.48. The smallest absolute Gasteiger partial charge is 0.165 e. The molecule has 3 rings (SSSR count). The van der Waals surface area contributed by atoms with Gasteiger partial charge in [-0.05, 0) is 36.3 Å². The summed E-state index contributed by atoms with van der Waals surface area (Å²) in [5.74, 6) is 0.290. The minimum absolute atomic E-state index is 0.0721. The van der Waals surface area contributed by atoms with Crippen LogP contribution in [0.2, 0.25) is 0 Å². The van der Waals surface area contributed by atoms with Crippen molar-refractivity contribution in [3.8, 4) is 5.69 Å². The molecule has 0 unspecified atom stereocenters. The van der Waals surface area contributed by atoms with Crippen LogP contribution < -0.4 is 0 Å². The molecule has 0 aliphatic heterocycles. The number of hydrogen-bond acceptors (Lipinski definition) is 2. The zero-order chi connectivity index (χ0) is 12.9. The summed E-state index contributed by atoms with van der Waals surface area (Å²) in [7, 11) is 0. The molecular formula is C15H17NOS. The van der Waals surface area contributed by atoms with Crippen LogP contribution in [0.1, 0.15) is 42.0 Å². The van der Waals surface area contributed by atoms with E-state index in [2.05, 4.69) is 42.2 Å². The quantitative estimate of drug-likeness (QED) is 0.758. The van der Waals surface area contributed by atoms with E-state index in [0.717, 1.165) is 17.7 Å². The van der Waals surface area contributed by atoms with E-state index in [4.69, 9.17) is 0 Å². The molecule has 0 N–H and O–H groups in total. The molecule has 0 spiro atoms. The molecule has 2 heterocycles. The average Bonchev–Trinajstić information content (AvgIpc) is 2.83. The highest BCUT2D eigenvalue weighted by atomic mass is 32.1. The molecule has 94 valence electrons. The predicted octanol–water partition coefficient (Wildman–Crippen LogP) is 4.00. The van der Waals surface area contributed by atoms with E-state index in [1.807, 2.05) is 6.07 Å². The third-order valence-electron chi connectivity index (χ3n) is 3.64. The van der Waals surface area contributed by atoms with Crippen LogP contribution in [-0.4, -0.2) is 10.4 Å². The van der Waals surface area contributed by atoms with Gasteiger partial charge in [0.25, 0.3) is 0 Å². The Balaban J connectivity index is 2.21. The fourth-order valence-corrected chi connectivity index (χ4v) is 3.52. The van der Waals surface area contributed by atoms with E-state index >= 15 is 0 Å². The van der Waals surface area contributed by atoms with E-state index < -0.39 is 0 Å². The second kappa shape index (κ2) is 3.82. The number of ketones is 1. The summed E-state index contributed by atoms with van der Waals surface area (Å²) in [6, 6.07) is 4.16. The lowest BCUT2D eigenvalue weighted by molar-refractivity contribution is 0.0911. The largest absolute Gasteiger partial charge is 0.317 e. The van der Waals surface area contributed by atoms with Gasteiger partial charge in [-0.25, -0.2) is 0 Å². The number of rotatable bonds is 1. The highest BCUT2D eigenvalue weighted by Gasteiger charge is 2.34. The lowest BCUT2D eigenvalue weighted by Crippen LogP contribution is -2.27. The van der Waals surface area contributed by atoms with Crippen LogP contribution in [0.25, 0.3) is 5.69 Å². The third-order valence-corrected chi connectivity index (χ3v) is 4.31. The topological polar surface area (TPSA) is 22.0 Å². The van der Waals surface area contributed by atoms with Crippen molar-refractivity contribution in [3.63, 3.8) is 0 Å². The Labute approximate surface area is 111 Å². The van der Waals surface area contributed by atoms with Gasteiger partial charge in [-0.2, -0.15) is 11.3 Å². The van der Waals surface area contributed by atoms with Crippen molar-refractivity contribution in [2.24, 2.45) is 5.41 Å². The Kier molecular flexibility index (Phi) is 2.49. The maximum absolute atomic E-state index is 12.2.